The predicted octanol–water partition coefficient (Wildman–Crippen LogP) is 2.35. The van der Waals surface area contributed by atoms with E-state index in [-0.39, 0.29) is 5.78 Å². The minimum absolute atomic E-state index is 0.131. The van der Waals surface area contributed by atoms with Crippen LogP contribution in [0.15, 0.2) is 30.5 Å². The van der Waals surface area contributed by atoms with E-state index in [4.69, 9.17) is 0 Å². The van der Waals surface area contributed by atoms with Crippen LogP contribution >= 0.6 is 0 Å². The monoisotopic (exact) mass is 216 g/mol. The predicted molar refractivity (Wildman–Crippen MR) is 65.8 cm³/mol. The summed E-state index contributed by atoms with van der Waals surface area (Å²) >= 11 is 0. The van der Waals surface area contributed by atoms with Gasteiger partial charge in [-0.25, -0.2) is 0 Å². The molecule has 0 spiro atoms. The number of Topliss-reactive ketones (excluding diaryl/α,β-unsaturated/α-hetero) is 1. The van der Waals surface area contributed by atoms with Crippen LogP contribution in [0.2, 0.25) is 0 Å². The summed E-state index contributed by atoms with van der Waals surface area (Å²) in [6, 6.07) is 8.17. The number of ketones is 1. The van der Waals surface area contributed by atoms with E-state index in [0.717, 1.165) is 16.5 Å². The van der Waals surface area contributed by atoms with Crippen LogP contribution in [-0.2, 0) is 0 Å². The molecule has 0 radical (unpaired) electrons. The summed E-state index contributed by atoms with van der Waals surface area (Å²) in [5, 5.41) is 4.13. The maximum atomic E-state index is 11.9. The number of H-pyrrole nitrogens is 1. The van der Waals surface area contributed by atoms with Crippen LogP contribution < -0.4 is 5.32 Å². The minimum Gasteiger partial charge on any atom is -0.360 e. The van der Waals surface area contributed by atoms with Gasteiger partial charge in [0.1, 0.15) is 0 Å². The summed E-state index contributed by atoms with van der Waals surface area (Å²) in [7, 11) is 0. The molecule has 0 atom stereocenters. The van der Waals surface area contributed by atoms with Crippen molar-refractivity contribution in [3.63, 3.8) is 0 Å². The maximum Gasteiger partial charge on any atom is 0.178 e. The second kappa shape index (κ2) is 4.49. The fraction of sp³-hybridized carbons (Fsp3) is 0.308. The van der Waals surface area contributed by atoms with Crippen molar-refractivity contribution >= 4 is 16.7 Å². The number of hydrogen-bond acceptors (Lipinski definition) is 2. The fourth-order valence-electron chi connectivity index (χ4n) is 1.69. The van der Waals surface area contributed by atoms with E-state index in [1.165, 1.54) is 0 Å². The molecule has 0 saturated carbocycles. The van der Waals surface area contributed by atoms with Crippen LogP contribution in [0.5, 0.6) is 0 Å². The van der Waals surface area contributed by atoms with Gasteiger partial charge >= 0.3 is 0 Å². The van der Waals surface area contributed by atoms with Crippen molar-refractivity contribution in [2.75, 3.05) is 6.54 Å². The molecule has 1 aromatic heterocycles. The number of benzene rings is 1. The second-order valence-corrected chi connectivity index (χ2v) is 4.21. The molecule has 0 aliphatic carbocycles. The first-order valence-electron chi connectivity index (χ1n) is 5.51. The third-order valence-electron chi connectivity index (χ3n) is 2.56. The number of hydrogen-bond donors (Lipinski definition) is 2. The van der Waals surface area contributed by atoms with Crippen LogP contribution in [-0.4, -0.2) is 23.4 Å². The Morgan fingerprint density at radius 3 is 2.88 bits per heavy atom. The molecule has 2 rings (SSSR count). The van der Waals surface area contributed by atoms with Gasteiger partial charge in [-0.1, -0.05) is 32.0 Å². The van der Waals surface area contributed by atoms with Gasteiger partial charge < -0.3 is 10.3 Å². The highest BCUT2D eigenvalue weighted by Gasteiger charge is 2.11. The fourth-order valence-corrected chi connectivity index (χ4v) is 1.69. The van der Waals surface area contributed by atoms with Gasteiger partial charge in [-0.2, -0.15) is 0 Å². The van der Waals surface area contributed by atoms with E-state index < -0.39 is 0 Å². The van der Waals surface area contributed by atoms with Crippen molar-refractivity contribution in [3.8, 4) is 0 Å². The van der Waals surface area contributed by atoms with E-state index in [2.05, 4.69) is 10.3 Å². The van der Waals surface area contributed by atoms with E-state index in [9.17, 15) is 4.79 Å². The first-order chi connectivity index (χ1) is 7.68. The van der Waals surface area contributed by atoms with Gasteiger partial charge in [-0.3, -0.25) is 4.79 Å². The zero-order chi connectivity index (χ0) is 11.5. The molecule has 1 heterocycles. The van der Waals surface area contributed by atoms with Gasteiger partial charge in [0.05, 0.1) is 6.54 Å². The Hall–Kier alpha value is -1.61. The SMILES string of the molecule is CC(C)NCC(=O)c1c[nH]c2ccccc12. The van der Waals surface area contributed by atoms with Gasteiger partial charge in [-0.05, 0) is 6.07 Å². The summed E-state index contributed by atoms with van der Waals surface area (Å²) in [5.41, 5.74) is 1.78. The van der Waals surface area contributed by atoms with Crippen LogP contribution in [0.3, 0.4) is 0 Å². The maximum absolute atomic E-state index is 11.9. The number of aromatic amines is 1. The lowest BCUT2D eigenvalue weighted by Crippen LogP contribution is -2.29. The lowest BCUT2D eigenvalue weighted by atomic mass is 10.1. The van der Waals surface area contributed by atoms with E-state index >= 15 is 0 Å². The van der Waals surface area contributed by atoms with Crippen molar-refractivity contribution in [2.45, 2.75) is 19.9 Å². The Morgan fingerprint density at radius 2 is 2.12 bits per heavy atom. The van der Waals surface area contributed by atoms with E-state index in [1.54, 1.807) is 6.20 Å². The van der Waals surface area contributed by atoms with E-state index in [0.29, 0.717) is 12.6 Å². The second-order valence-electron chi connectivity index (χ2n) is 4.21. The Labute approximate surface area is 94.9 Å². The van der Waals surface area contributed by atoms with Crippen molar-refractivity contribution in [3.05, 3.63) is 36.0 Å². The molecular formula is C13H16N2O. The van der Waals surface area contributed by atoms with Gasteiger partial charge in [0.15, 0.2) is 5.78 Å². The number of nitrogens with one attached hydrogen (secondary N) is 2. The molecule has 0 amide bonds. The van der Waals surface area contributed by atoms with Crippen molar-refractivity contribution in [1.29, 1.82) is 0 Å². The molecule has 0 aliphatic rings. The number of fused-ring (bicyclic) bond motifs is 1. The van der Waals surface area contributed by atoms with Crippen LogP contribution in [0.1, 0.15) is 24.2 Å². The summed E-state index contributed by atoms with van der Waals surface area (Å²) in [6.45, 7) is 4.45. The molecule has 0 fully saturated rings. The van der Waals surface area contributed by atoms with Gasteiger partial charge in [0, 0.05) is 28.7 Å². The Morgan fingerprint density at radius 1 is 1.38 bits per heavy atom. The molecule has 16 heavy (non-hydrogen) atoms. The topological polar surface area (TPSA) is 44.9 Å². The highest BCUT2D eigenvalue weighted by atomic mass is 16.1. The van der Waals surface area contributed by atoms with Crippen LogP contribution in [0.25, 0.3) is 10.9 Å². The summed E-state index contributed by atoms with van der Waals surface area (Å²) in [5.74, 6) is 0.131. The zero-order valence-corrected chi connectivity index (χ0v) is 9.58. The molecule has 0 saturated heterocycles. The molecule has 84 valence electrons. The van der Waals surface area contributed by atoms with Crippen molar-refractivity contribution in [1.82, 2.24) is 10.3 Å². The largest absolute Gasteiger partial charge is 0.360 e. The Bertz CT molecular complexity index is 499. The molecule has 0 bridgehead atoms. The third-order valence-corrected chi connectivity index (χ3v) is 2.56. The van der Waals surface area contributed by atoms with Gasteiger partial charge in [-0.15, -0.1) is 0 Å². The number of rotatable bonds is 4. The standard InChI is InChI=1S/C13H16N2O/c1-9(2)14-8-13(16)11-7-15-12-6-4-3-5-10(11)12/h3-7,9,14-15H,8H2,1-2H3. The lowest BCUT2D eigenvalue weighted by Gasteiger charge is -2.06. The highest BCUT2D eigenvalue weighted by molar-refractivity contribution is 6.08. The molecule has 1 aromatic carbocycles. The Balaban J connectivity index is 2.23. The smallest absolute Gasteiger partial charge is 0.178 e. The number of aromatic nitrogens is 1. The zero-order valence-electron chi connectivity index (χ0n) is 9.58. The van der Waals surface area contributed by atoms with Gasteiger partial charge in [0.25, 0.3) is 0 Å². The number of para-hydroxylation sites is 1. The molecule has 0 aliphatic heterocycles. The van der Waals surface area contributed by atoms with Gasteiger partial charge in [0.2, 0.25) is 0 Å². The average Bonchev–Trinajstić information content (AvgIpc) is 2.69. The minimum atomic E-state index is 0.131. The summed E-state index contributed by atoms with van der Waals surface area (Å²) in [4.78, 5) is 15.0. The van der Waals surface area contributed by atoms with Crippen LogP contribution in [0.4, 0.5) is 0 Å². The van der Waals surface area contributed by atoms with Crippen LogP contribution in [0, 0.1) is 0 Å². The number of carbonyl (C=O) groups is 1. The Kier molecular flexibility index (Phi) is 3.06. The first-order valence-corrected chi connectivity index (χ1v) is 5.51. The highest BCUT2D eigenvalue weighted by Crippen LogP contribution is 2.17. The molecule has 2 aromatic rings. The third kappa shape index (κ3) is 2.14. The average molecular weight is 216 g/mol. The van der Waals surface area contributed by atoms with E-state index in [1.807, 2.05) is 38.1 Å². The quantitative estimate of drug-likeness (QED) is 0.770. The summed E-state index contributed by atoms with van der Waals surface area (Å²) in [6.07, 6.45) is 1.79. The molecule has 3 nitrogen and oxygen atoms in total. The first kappa shape index (κ1) is 10.9. The molecule has 2 N–H and O–H groups in total. The number of carbonyl (C=O) groups excluding carboxylic acids is 1. The normalized spacial score (nSPS) is 11.2. The molecule has 3 heteroatoms. The molecule has 0 unspecified atom stereocenters. The van der Waals surface area contributed by atoms with Crippen molar-refractivity contribution in [2.24, 2.45) is 0 Å². The lowest BCUT2D eigenvalue weighted by molar-refractivity contribution is 0.0990. The summed E-state index contributed by atoms with van der Waals surface area (Å²) < 4.78 is 0. The molecular weight excluding hydrogens is 200 g/mol. The van der Waals surface area contributed by atoms with Crippen molar-refractivity contribution < 1.29 is 4.79 Å².